The normalized spacial score (nSPS) is 21.5. The molecule has 6 heteroatoms. The van der Waals surface area contributed by atoms with Gasteiger partial charge in [0.05, 0.1) is 25.7 Å². The quantitative estimate of drug-likeness (QED) is 0.578. The molecule has 2 saturated heterocycles. The molecule has 0 unspecified atom stereocenters. The van der Waals surface area contributed by atoms with Crippen molar-refractivity contribution in [1.29, 1.82) is 0 Å². The van der Waals surface area contributed by atoms with E-state index in [1.807, 2.05) is 6.26 Å². The van der Waals surface area contributed by atoms with Crippen LogP contribution >= 0.6 is 12.4 Å². The van der Waals surface area contributed by atoms with Gasteiger partial charge in [-0.3, -0.25) is 4.90 Å². The smallest absolute Gasteiger partial charge is 0.0947 e. The number of hydrogen-bond acceptors (Lipinski definition) is 5. The molecule has 0 spiro atoms. The summed E-state index contributed by atoms with van der Waals surface area (Å²) in [5, 5.41) is 0. The zero-order chi connectivity index (χ0) is 22.0. The molecule has 3 aliphatic rings. The summed E-state index contributed by atoms with van der Waals surface area (Å²) >= 11 is 0. The second-order valence-electron chi connectivity index (χ2n) is 10.3. The molecule has 0 N–H and O–H groups in total. The Bertz CT molecular complexity index is 927. The van der Waals surface area contributed by atoms with Crippen molar-refractivity contribution in [3.8, 4) is 0 Å². The van der Waals surface area contributed by atoms with E-state index in [1.54, 1.807) is 6.26 Å². The van der Waals surface area contributed by atoms with Crippen LogP contribution in [-0.4, -0.2) is 57.4 Å². The van der Waals surface area contributed by atoms with Crippen LogP contribution in [0.5, 0.6) is 0 Å². The lowest BCUT2D eigenvalue weighted by molar-refractivity contribution is 0.122. The van der Waals surface area contributed by atoms with E-state index < -0.39 is 0 Å². The molecule has 5 nitrogen and oxygen atoms in total. The van der Waals surface area contributed by atoms with Gasteiger partial charge in [-0.2, -0.15) is 0 Å². The summed E-state index contributed by atoms with van der Waals surface area (Å²) in [5.41, 5.74) is 7.43. The predicted molar refractivity (Wildman–Crippen MR) is 139 cm³/mol. The number of rotatable bonds is 5. The van der Waals surface area contributed by atoms with Gasteiger partial charge in [0, 0.05) is 68.3 Å². The second kappa shape index (κ2) is 10.5. The summed E-state index contributed by atoms with van der Waals surface area (Å²) in [6, 6.07) is 9.25. The number of piperazine rings is 1. The third kappa shape index (κ3) is 5.76. The highest BCUT2D eigenvalue weighted by Gasteiger charge is 2.26. The summed E-state index contributed by atoms with van der Waals surface area (Å²) in [6.07, 6.45) is 9.76. The van der Waals surface area contributed by atoms with E-state index in [4.69, 9.17) is 9.15 Å². The molecule has 3 heterocycles. The third-order valence-electron chi connectivity index (χ3n) is 7.37. The molecule has 0 atom stereocenters. The maximum atomic E-state index is 5.59. The summed E-state index contributed by atoms with van der Waals surface area (Å²) in [6.45, 7) is 13.7. The van der Waals surface area contributed by atoms with Crippen LogP contribution in [0, 0.1) is 5.41 Å². The topological polar surface area (TPSA) is 32.1 Å². The van der Waals surface area contributed by atoms with Crippen molar-refractivity contribution in [3.05, 3.63) is 54.0 Å². The highest BCUT2D eigenvalue weighted by Crippen LogP contribution is 2.42. The average molecular weight is 472 g/mol. The Balaban J connectivity index is 0.00000259. The van der Waals surface area contributed by atoms with Crippen molar-refractivity contribution in [3.63, 3.8) is 0 Å². The van der Waals surface area contributed by atoms with Gasteiger partial charge in [0.25, 0.3) is 0 Å². The Kier molecular flexibility index (Phi) is 7.72. The molecule has 2 aromatic rings. The van der Waals surface area contributed by atoms with E-state index in [1.165, 1.54) is 47.3 Å². The van der Waals surface area contributed by atoms with Crippen LogP contribution in [0.15, 0.2) is 47.3 Å². The predicted octanol–water partition coefficient (Wildman–Crippen LogP) is 5.45. The minimum Gasteiger partial charge on any atom is -0.472 e. The molecule has 0 amide bonds. The van der Waals surface area contributed by atoms with Crippen molar-refractivity contribution in [1.82, 2.24) is 4.90 Å². The van der Waals surface area contributed by atoms with Crippen molar-refractivity contribution >= 4 is 29.4 Å². The largest absolute Gasteiger partial charge is 0.472 e. The van der Waals surface area contributed by atoms with E-state index in [0.29, 0.717) is 5.41 Å². The lowest BCUT2D eigenvalue weighted by Gasteiger charge is -2.38. The van der Waals surface area contributed by atoms with Gasteiger partial charge < -0.3 is 19.0 Å². The fourth-order valence-electron chi connectivity index (χ4n) is 5.18. The Labute approximate surface area is 204 Å². The molecule has 5 rings (SSSR count). The molecule has 0 bridgehead atoms. The number of ether oxygens (including phenoxy) is 1. The maximum absolute atomic E-state index is 5.59. The SMILES string of the molecule is CC1(C)CC=C(c2cc(N3CCOCC3)ccc2N2CCN(Cc3ccoc3)CC2)CC1.Cl. The number of allylic oxidation sites excluding steroid dienone is 2. The van der Waals surface area contributed by atoms with E-state index >= 15 is 0 Å². The fourth-order valence-corrected chi connectivity index (χ4v) is 5.18. The van der Waals surface area contributed by atoms with E-state index in [0.717, 1.165) is 59.0 Å². The molecular formula is C27H38ClN3O2. The third-order valence-corrected chi connectivity index (χ3v) is 7.37. The molecule has 2 aliphatic heterocycles. The van der Waals surface area contributed by atoms with Crippen molar-refractivity contribution in [2.75, 3.05) is 62.3 Å². The lowest BCUT2D eigenvalue weighted by atomic mass is 9.76. The van der Waals surface area contributed by atoms with Crippen molar-refractivity contribution in [2.24, 2.45) is 5.41 Å². The maximum Gasteiger partial charge on any atom is 0.0947 e. The Morgan fingerprint density at radius 3 is 2.39 bits per heavy atom. The Morgan fingerprint density at radius 2 is 1.73 bits per heavy atom. The molecule has 2 fully saturated rings. The first-order valence-corrected chi connectivity index (χ1v) is 12.2. The highest BCUT2D eigenvalue weighted by atomic mass is 35.5. The fraction of sp³-hybridized carbons (Fsp3) is 0.556. The van der Waals surface area contributed by atoms with Crippen LogP contribution in [0.2, 0.25) is 0 Å². The number of furan rings is 1. The molecule has 1 aliphatic carbocycles. The summed E-state index contributed by atoms with van der Waals surface area (Å²) in [5.74, 6) is 0. The standard InChI is InChI=1S/C27H37N3O2.ClH/c1-27(2)8-5-23(6-9-27)25-19-24(29-14-17-31-18-15-29)3-4-26(25)30-12-10-28(11-13-30)20-22-7-16-32-21-22;/h3-5,7,16,19,21H,6,8-15,17-18,20H2,1-2H3;1H. The molecule has 33 heavy (non-hydrogen) atoms. The summed E-state index contributed by atoms with van der Waals surface area (Å²) in [7, 11) is 0. The van der Waals surface area contributed by atoms with Gasteiger partial charge in [0.15, 0.2) is 0 Å². The molecular weight excluding hydrogens is 434 g/mol. The second-order valence-corrected chi connectivity index (χ2v) is 10.3. The zero-order valence-corrected chi connectivity index (χ0v) is 20.9. The average Bonchev–Trinajstić information content (AvgIpc) is 3.33. The van der Waals surface area contributed by atoms with Crippen LogP contribution in [0.1, 0.15) is 44.2 Å². The minimum atomic E-state index is 0. The molecule has 1 aromatic heterocycles. The first-order valence-electron chi connectivity index (χ1n) is 12.2. The van der Waals surface area contributed by atoms with Gasteiger partial charge in [0.1, 0.15) is 0 Å². The number of halogens is 1. The van der Waals surface area contributed by atoms with Gasteiger partial charge in [-0.05, 0) is 54.5 Å². The minimum absolute atomic E-state index is 0. The van der Waals surface area contributed by atoms with Gasteiger partial charge in [0.2, 0.25) is 0 Å². The monoisotopic (exact) mass is 471 g/mol. The van der Waals surface area contributed by atoms with Gasteiger partial charge in [-0.1, -0.05) is 19.9 Å². The molecule has 0 saturated carbocycles. The van der Waals surface area contributed by atoms with Crippen LogP contribution in [0.25, 0.3) is 5.57 Å². The highest BCUT2D eigenvalue weighted by molar-refractivity contribution is 5.85. The molecule has 0 radical (unpaired) electrons. The van der Waals surface area contributed by atoms with Gasteiger partial charge in [-0.25, -0.2) is 0 Å². The van der Waals surface area contributed by atoms with E-state index in [-0.39, 0.29) is 12.4 Å². The summed E-state index contributed by atoms with van der Waals surface area (Å²) in [4.78, 5) is 7.61. The Morgan fingerprint density at radius 1 is 0.939 bits per heavy atom. The lowest BCUT2D eigenvalue weighted by Crippen LogP contribution is -2.46. The number of nitrogens with zero attached hydrogens (tertiary/aromatic N) is 3. The van der Waals surface area contributed by atoms with E-state index in [2.05, 4.69) is 58.9 Å². The first kappa shape index (κ1) is 24.2. The number of anilines is 2. The zero-order valence-electron chi connectivity index (χ0n) is 20.1. The summed E-state index contributed by atoms with van der Waals surface area (Å²) < 4.78 is 10.8. The number of hydrogen-bond donors (Lipinski definition) is 0. The molecule has 180 valence electrons. The Hall–Kier alpha value is -1.95. The van der Waals surface area contributed by atoms with Crippen molar-refractivity contribution < 1.29 is 9.15 Å². The van der Waals surface area contributed by atoms with Gasteiger partial charge >= 0.3 is 0 Å². The van der Waals surface area contributed by atoms with Crippen LogP contribution in [-0.2, 0) is 11.3 Å². The van der Waals surface area contributed by atoms with E-state index in [9.17, 15) is 0 Å². The van der Waals surface area contributed by atoms with Gasteiger partial charge in [-0.15, -0.1) is 12.4 Å². The van der Waals surface area contributed by atoms with Crippen LogP contribution < -0.4 is 9.80 Å². The number of morpholine rings is 1. The van der Waals surface area contributed by atoms with Crippen LogP contribution in [0.3, 0.4) is 0 Å². The van der Waals surface area contributed by atoms with Crippen molar-refractivity contribution in [2.45, 2.75) is 39.7 Å². The van der Waals surface area contributed by atoms with Crippen LogP contribution in [0.4, 0.5) is 11.4 Å². The molecule has 1 aromatic carbocycles. The number of benzene rings is 1. The first-order chi connectivity index (χ1) is 15.6.